The highest BCUT2D eigenvalue weighted by Gasteiger charge is 2.09. The van der Waals surface area contributed by atoms with Crippen molar-refractivity contribution in [1.29, 1.82) is 0 Å². The fraction of sp³-hybridized carbons (Fsp3) is 0.667. The van der Waals surface area contributed by atoms with E-state index in [1.54, 1.807) is 5.19 Å². The lowest BCUT2D eigenvalue weighted by Crippen LogP contribution is -2.30. The molecule has 0 aliphatic carbocycles. The molecule has 1 heterocycles. The van der Waals surface area contributed by atoms with Gasteiger partial charge in [0.15, 0.2) is 0 Å². The van der Waals surface area contributed by atoms with Gasteiger partial charge in [0.1, 0.15) is 0 Å². The molecule has 2 rings (SSSR count). The maximum absolute atomic E-state index is 6.34. The van der Waals surface area contributed by atoms with Crippen LogP contribution in [0.5, 0.6) is 0 Å². The highest BCUT2D eigenvalue weighted by atomic mass is 35.5. The number of hydrogen-bond acceptors (Lipinski definition) is 1. The summed E-state index contributed by atoms with van der Waals surface area (Å²) < 4.78 is 0. The Morgan fingerprint density at radius 3 is 2.52 bits per heavy atom. The maximum Gasteiger partial charge on any atom is 0.0647 e. The van der Waals surface area contributed by atoms with Gasteiger partial charge in [0.2, 0.25) is 0 Å². The second-order valence-corrected chi connectivity index (χ2v) is 10.1. The minimum absolute atomic E-state index is 0.710. The van der Waals surface area contributed by atoms with Crippen LogP contribution in [0.3, 0.4) is 0 Å². The van der Waals surface area contributed by atoms with Crippen molar-refractivity contribution in [2.45, 2.75) is 58.0 Å². The molecule has 0 bridgehead atoms. The summed E-state index contributed by atoms with van der Waals surface area (Å²) in [5.41, 5.74) is 1.37. The molecule has 1 saturated heterocycles. The molecule has 0 saturated carbocycles. The highest BCUT2D eigenvalue weighted by molar-refractivity contribution is 6.70. The average Bonchev–Trinajstić information content (AvgIpc) is 2.49. The molecule has 1 aliphatic rings. The summed E-state index contributed by atoms with van der Waals surface area (Å²) >= 11 is 6.34. The van der Waals surface area contributed by atoms with Crippen LogP contribution in [0, 0.1) is 0 Å². The number of halogens is 1. The lowest BCUT2D eigenvalue weighted by Gasteiger charge is -2.26. The number of likely N-dealkylation sites (tertiary alicyclic amines) is 1. The molecule has 118 valence electrons. The molecule has 0 N–H and O–H groups in total. The number of rotatable bonds is 7. The summed E-state index contributed by atoms with van der Waals surface area (Å²) in [6.45, 7) is 8.71. The van der Waals surface area contributed by atoms with Crippen LogP contribution < -0.4 is 5.19 Å². The van der Waals surface area contributed by atoms with E-state index in [9.17, 15) is 0 Å². The van der Waals surface area contributed by atoms with E-state index >= 15 is 0 Å². The van der Waals surface area contributed by atoms with Crippen molar-refractivity contribution >= 4 is 25.6 Å². The van der Waals surface area contributed by atoms with Crippen molar-refractivity contribution < 1.29 is 0 Å². The normalized spacial score (nSPS) is 16.6. The van der Waals surface area contributed by atoms with E-state index in [2.05, 4.69) is 36.2 Å². The van der Waals surface area contributed by atoms with Gasteiger partial charge in [-0.25, -0.2) is 0 Å². The Morgan fingerprint density at radius 2 is 1.81 bits per heavy atom. The molecule has 0 radical (unpaired) electrons. The molecule has 1 fully saturated rings. The van der Waals surface area contributed by atoms with Gasteiger partial charge in [-0.1, -0.05) is 54.9 Å². The third-order valence-electron chi connectivity index (χ3n) is 4.61. The van der Waals surface area contributed by atoms with E-state index in [4.69, 9.17) is 11.6 Å². The number of aryl methyl sites for hydroxylation is 1. The van der Waals surface area contributed by atoms with Crippen LogP contribution in [0.25, 0.3) is 0 Å². The largest absolute Gasteiger partial charge is 0.303 e. The van der Waals surface area contributed by atoms with Crippen molar-refractivity contribution in [3.05, 3.63) is 28.8 Å². The first-order valence-electron chi connectivity index (χ1n) is 8.67. The Balaban J connectivity index is 1.69. The number of hydrogen-bond donors (Lipinski definition) is 0. The number of nitrogens with zero attached hydrogens (tertiary/aromatic N) is 1. The van der Waals surface area contributed by atoms with E-state index < -0.39 is 8.80 Å². The second kappa shape index (κ2) is 8.97. The Hall–Kier alpha value is -0.313. The number of benzene rings is 1. The molecule has 1 nitrogen and oxygen atoms in total. The molecule has 0 spiro atoms. The number of unbranched alkanes of at least 4 members (excludes halogenated alkanes) is 2. The molecular formula is C18H30ClNSi. The van der Waals surface area contributed by atoms with Crippen molar-refractivity contribution in [2.75, 3.05) is 19.6 Å². The molecule has 21 heavy (non-hydrogen) atoms. The molecule has 0 unspecified atom stereocenters. The van der Waals surface area contributed by atoms with Crippen molar-refractivity contribution in [3.63, 3.8) is 0 Å². The first-order chi connectivity index (χ1) is 10.2. The second-order valence-electron chi connectivity index (χ2n) is 6.72. The minimum atomic E-state index is -0.710. The van der Waals surface area contributed by atoms with Crippen LogP contribution in [-0.2, 0) is 6.42 Å². The van der Waals surface area contributed by atoms with Crippen LogP contribution in [-0.4, -0.2) is 33.3 Å². The van der Waals surface area contributed by atoms with Gasteiger partial charge < -0.3 is 4.90 Å². The van der Waals surface area contributed by atoms with Gasteiger partial charge in [0.05, 0.1) is 8.80 Å². The Kier molecular flexibility index (Phi) is 7.28. The van der Waals surface area contributed by atoms with Crippen molar-refractivity contribution in [2.24, 2.45) is 0 Å². The third-order valence-corrected chi connectivity index (χ3v) is 6.67. The number of piperidine rings is 1. The van der Waals surface area contributed by atoms with Crippen molar-refractivity contribution in [1.82, 2.24) is 4.90 Å². The highest BCUT2D eigenvalue weighted by Crippen LogP contribution is 2.18. The summed E-state index contributed by atoms with van der Waals surface area (Å²) in [6.07, 6.45) is 9.34. The van der Waals surface area contributed by atoms with Crippen LogP contribution in [0.2, 0.25) is 18.1 Å². The monoisotopic (exact) mass is 323 g/mol. The topological polar surface area (TPSA) is 3.24 Å². The van der Waals surface area contributed by atoms with Crippen LogP contribution in [0.4, 0.5) is 0 Å². The maximum atomic E-state index is 6.34. The Morgan fingerprint density at radius 1 is 1.05 bits per heavy atom. The van der Waals surface area contributed by atoms with Gasteiger partial charge in [-0.3, -0.25) is 0 Å². The van der Waals surface area contributed by atoms with Gasteiger partial charge in [-0.15, -0.1) is 0 Å². The molecule has 0 amide bonds. The van der Waals surface area contributed by atoms with Gasteiger partial charge in [0, 0.05) is 5.02 Å². The quantitative estimate of drug-likeness (QED) is 0.536. The Labute approximate surface area is 137 Å². The molecule has 3 heteroatoms. The lowest BCUT2D eigenvalue weighted by molar-refractivity contribution is 0.224. The minimum Gasteiger partial charge on any atom is -0.303 e. The summed E-state index contributed by atoms with van der Waals surface area (Å²) in [7, 11) is -0.710. The van der Waals surface area contributed by atoms with E-state index in [1.807, 2.05) is 0 Å². The van der Waals surface area contributed by atoms with E-state index in [1.165, 1.54) is 63.7 Å². The molecule has 1 aromatic rings. The zero-order valence-corrected chi connectivity index (χ0v) is 15.6. The van der Waals surface area contributed by atoms with Crippen molar-refractivity contribution in [3.8, 4) is 0 Å². The SMILES string of the molecule is C[SiH](C)c1ccc(Cl)c(CCCCCN2CCCCC2)c1. The summed E-state index contributed by atoms with van der Waals surface area (Å²) in [4.78, 5) is 2.64. The fourth-order valence-corrected chi connectivity index (χ4v) is 4.38. The van der Waals surface area contributed by atoms with Crippen LogP contribution >= 0.6 is 11.6 Å². The summed E-state index contributed by atoms with van der Waals surface area (Å²) in [6, 6.07) is 6.69. The zero-order chi connectivity index (χ0) is 15.1. The third kappa shape index (κ3) is 5.76. The standard InChI is InChI=1S/C18H30ClNSi/c1-21(2)17-10-11-18(19)16(15-17)9-5-3-6-12-20-13-7-4-8-14-20/h10-11,15,21H,3-9,12-14H2,1-2H3. The lowest BCUT2D eigenvalue weighted by atomic mass is 10.1. The fourth-order valence-electron chi connectivity index (χ4n) is 3.16. The van der Waals surface area contributed by atoms with E-state index in [0.29, 0.717) is 0 Å². The predicted octanol–water partition coefficient (Wildman–Crippen LogP) is 4.23. The molecule has 0 atom stereocenters. The van der Waals surface area contributed by atoms with Gasteiger partial charge in [-0.2, -0.15) is 0 Å². The van der Waals surface area contributed by atoms with Gasteiger partial charge in [-0.05, 0) is 63.4 Å². The van der Waals surface area contributed by atoms with Gasteiger partial charge in [0.25, 0.3) is 0 Å². The predicted molar refractivity (Wildman–Crippen MR) is 97.8 cm³/mol. The first kappa shape index (κ1) is 17.0. The Bertz CT molecular complexity index is 427. The van der Waals surface area contributed by atoms with Crippen LogP contribution in [0.15, 0.2) is 18.2 Å². The van der Waals surface area contributed by atoms with Crippen LogP contribution in [0.1, 0.15) is 44.1 Å². The first-order valence-corrected chi connectivity index (χ1v) is 11.9. The zero-order valence-electron chi connectivity index (χ0n) is 13.7. The average molecular weight is 324 g/mol. The van der Waals surface area contributed by atoms with E-state index in [0.717, 1.165) is 11.4 Å². The van der Waals surface area contributed by atoms with Gasteiger partial charge >= 0.3 is 0 Å². The molecule has 1 aromatic carbocycles. The molecular weight excluding hydrogens is 294 g/mol. The van der Waals surface area contributed by atoms with E-state index in [-0.39, 0.29) is 0 Å². The molecule has 0 aromatic heterocycles. The molecule has 1 aliphatic heterocycles. The summed E-state index contributed by atoms with van der Waals surface area (Å²) in [5.74, 6) is 0. The smallest absolute Gasteiger partial charge is 0.0647 e. The summed E-state index contributed by atoms with van der Waals surface area (Å²) in [5, 5.41) is 2.51.